The van der Waals surface area contributed by atoms with Gasteiger partial charge in [-0.25, -0.2) is 0 Å². The zero-order chi connectivity index (χ0) is 16.0. The van der Waals surface area contributed by atoms with E-state index >= 15 is 0 Å². The second-order valence-electron chi connectivity index (χ2n) is 7.03. The fourth-order valence-corrected chi connectivity index (χ4v) is 4.29. The molecule has 0 spiro atoms. The molecule has 0 N–H and O–H groups in total. The van der Waals surface area contributed by atoms with Crippen molar-refractivity contribution in [3.05, 3.63) is 29.8 Å². The maximum absolute atomic E-state index is 12.7. The third-order valence-corrected chi connectivity index (χ3v) is 5.59. The maximum Gasteiger partial charge on any atom is 0.241 e. The third-order valence-electron chi connectivity index (χ3n) is 5.59. The Hall–Kier alpha value is -1.88. The van der Waals surface area contributed by atoms with Gasteiger partial charge < -0.3 is 9.80 Å². The van der Waals surface area contributed by atoms with Gasteiger partial charge in [0.25, 0.3) is 0 Å². The lowest BCUT2D eigenvalue weighted by Gasteiger charge is -2.30. The lowest BCUT2D eigenvalue weighted by Crippen LogP contribution is -2.43. The van der Waals surface area contributed by atoms with Gasteiger partial charge in [0.15, 0.2) is 0 Å². The Morgan fingerprint density at radius 1 is 1.22 bits per heavy atom. The van der Waals surface area contributed by atoms with E-state index in [2.05, 4.69) is 11.0 Å². The summed E-state index contributed by atoms with van der Waals surface area (Å²) >= 11 is 0. The normalized spacial score (nSPS) is 27.3. The van der Waals surface area contributed by atoms with Gasteiger partial charge in [-0.05, 0) is 30.4 Å². The van der Waals surface area contributed by atoms with Crippen molar-refractivity contribution in [1.29, 1.82) is 0 Å². The first-order chi connectivity index (χ1) is 11.1. The van der Waals surface area contributed by atoms with Crippen LogP contribution in [-0.4, -0.2) is 61.4 Å². The van der Waals surface area contributed by atoms with Crippen LogP contribution in [0.3, 0.4) is 0 Å². The zero-order valence-corrected chi connectivity index (χ0v) is 13.6. The van der Waals surface area contributed by atoms with Crippen LogP contribution in [0.25, 0.3) is 0 Å². The number of amides is 2. The van der Waals surface area contributed by atoms with E-state index in [4.69, 9.17) is 0 Å². The highest BCUT2D eigenvalue weighted by molar-refractivity contribution is 5.96. The molecule has 0 radical (unpaired) electrons. The molecule has 0 bridgehead atoms. The summed E-state index contributed by atoms with van der Waals surface area (Å²) in [6.45, 7) is 3.67. The van der Waals surface area contributed by atoms with Crippen molar-refractivity contribution in [1.82, 2.24) is 9.80 Å². The molecule has 23 heavy (non-hydrogen) atoms. The second-order valence-corrected chi connectivity index (χ2v) is 7.03. The monoisotopic (exact) mass is 313 g/mol. The number of likely N-dealkylation sites (tertiary alicyclic amines) is 2. The van der Waals surface area contributed by atoms with Crippen molar-refractivity contribution < 1.29 is 9.59 Å². The number of rotatable bonds is 2. The van der Waals surface area contributed by atoms with E-state index < -0.39 is 0 Å². The van der Waals surface area contributed by atoms with Crippen LogP contribution < -0.4 is 4.90 Å². The lowest BCUT2D eigenvalue weighted by molar-refractivity contribution is -0.138. The summed E-state index contributed by atoms with van der Waals surface area (Å²) in [5, 5.41) is 0. The number of hydrogen-bond donors (Lipinski definition) is 0. The molecule has 122 valence electrons. The van der Waals surface area contributed by atoms with Gasteiger partial charge in [0.05, 0.1) is 12.5 Å². The molecule has 3 aliphatic heterocycles. The third kappa shape index (κ3) is 2.53. The minimum atomic E-state index is 0.0902. The van der Waals surface area contributed by atoms with Gasteiger partial charge in [-0.3, -0.25) is 14.5 Å². The summed E-state index contributed by atoms with van der Waals surface area (Å²) in [5.74, 6) is 0.932. The number of para-hydroxylation sites is 1. The summed E-state index contributed by atoms with van der Waals surface area (Å²) in [4.78, 5) is 30.9. The Labute approximate surface area is 136 Å². The van der Waals surface area contributed by atoms with Crippen LogP contribution in [0.2, 0.25) is 0 Å². The van der Waals surface area contributed by atoms with Gasteiger partial charge in [0.2, 0.25) is 11.8 Å². The summed E-state index contributed by atoms with van der Waals surface area (Å²) in [6.07, 6.45) is 2.00. The van der Waals surface area contributed by atoms with E-state index in [1.165, 1.54) is 5.56 Å². The van der Waals surface area contributed by atoms with Crippen LogP contribution >= 0.6 is 0 Å². The predicted octanol–water partition coefficient (Wildman–Crippen LogP) is 0.986. The summed E-state index contributed by atoms with van der Waals surface area (Å²) < 4.78 is 0. The van der Waals surface area contributed by atoms with Crippen LogP contribution in [0.4, 0.5) is 5.69 Å². The van der Waals surface area contributed by atoms with E-state index in [0.29, 0.717) is 12.5 Å². The van der Waals surface area contributed by atoms with Gasteiger partial charge in [0.1, 0.15) is 0 Å². The highest BCUT2D eigenvalue weighted by Crippen LogP contribution is 2.32. The zero-order valence-electron chi connectivity index (χ0n) is 13.6. The van der Waals surface area contributed by atoms with Crippen LogP contribution in [0, 0.1) is 11.8 Å². The molecular formula is C18H23N3O2. The highest BCUT2D eigenvalue weighted by atomic mass is 16.2. The van der Waals surface area contributed by atoms with E-state index in [9.17, 15) is 9.59 Å². The quantitative estimate of drug-likeness (QED) is 0.818. The first kappa shape index (κ1) is 14.7. The van der Waals surface area contributed by atoms with E-state index in [0.717, 1.165) is 44.7 Å². The fourth-order valence-electron chi connectivity index (χ4n) is 4.29. The van der Waals surface area contributed by atoms with Crippen LogP contribution in [0.1, 0.15) is 12.0 Å². The molecule has 5 heteroatoms. The maximum atomic E-state index is 12.7. The van der Waals surface area contributed by atoms with Gasteiger partial charge in [-0.2, -0.15) is 0 Å². The highest BCUT2D eigenvalue weighted by Gasteiger charge is 2.42. The van der Waals surface area contributed by atoms with Crippen molar-refractivity contribution in [2.24, 2.45) is 11.8 Å². The largest absolute Gasteiger partial charge is 0.345 e. The van der Waals surface area contributed by atoms with E-state index in [-0.39, 0.29) is 17.7 Å². The molecule has 0 unspecified atom stereocenters. The molecule has 4 rings (SSSR count). The molecule has 3 aliphatic rings. The van der Waals surface area contributed by atoms with Crippen LogP contribution in [0.15, 0.2) is 24.3 Å². The molecule has 0 aromatic heterocycles. The Morgan fingerprint density at radius 3 is 2.91 bits per heavy atom. The average molecular weight is 313 g/mol. The molecular weight excluding hydrogens is 290 g/mol. The Bertz CT molecular complexity index is 645. The molecule has 3 heterocycles. The Balaban J connectivity index is 1.42. The molecule has 2 atom stereocenters. The number of anilines is 1. The topological polar surface area (TPSA) is 43.9 Å². The molecule has 2 fully saturated rings. The number of fused-ring (bicyclic) bond motifs is 2. The Kier molecular flexibility index (Phi) is 3.60. The Morgan fingerprint density at radius 2 is 2.04 bits per heavy atom. The van der Waals surface area contributed by atoms with E-state index in [1.807, 2.05) is 35.0 Å². The molecule has 2 amide bonds. The molecule has 5 nitrogen and oxygen atoms in total. The van der Waals surface area contributed by atoms with Crippen LogP contribution in [0.5, 0.6) is 0 Å². The van der Waals surface area contributed by atoms with Crippen molar-refractivity contribution >= 4 is 17.5 Å². The number of nitrogens with zero attached hydrogens (tertiary/aromatic N) is 3. The van der Waals surface area contributed by atoms with Gasteiger partial charge in [-0.1, -0.05) is 18.2 Å². The number of piperidine rings is 1. The van der Waals surface area contributed by atoms with Crippen molar-refractivity contribution in [2.45, 2.75) is 12.8 Å². The first-order valence-electron chi connectivity index (χ1n) is 8.49. The van der Waals surface area contributed by atoms with E-state index in [1.54, 1.807) is 0 Å². The van der Waals surface area contributed by atoms with Gasteiger partial charge in [0, 0.05) is 38.9 Å². The van der Waals surface area contributed by atoms with Crippen molar-refractivity contribution in [2.75, 3.05) is 44.7 Å². The molecule has 2 saturated heterocycles. The van der Waals surface area contributed by atoms with Gasteiger partial charge >= 0.3 is 0 Å². The van der Waals surface area contributed by atoms with Gasteiger partial charge in [-0.15, -0.1) is 0 Å². The molecule has 1 aromatic rings. The van der Waals surface area contributed by atoms with Crippen molar-refractivity contribution in [3.63, 3.8) is 0 Å². The number of hydrogen-bond acceptors (Lipinski definition) is 3. The smallest absolute Gasteiger partial charge is 0.241 e. The first-order valence-corrected chi connectivity index (χ1v) is 8.49. The van der Waals surface area contributed by atoms with Crippen LogP contribution in [-0.2, 0) is 16.0 Å². The standard InChI is InChI=1S/C18H23N3O2/c1-19-8-6-14-10-20(11-15(14)18(19)23)12-17(22)21-9-7-13-4-2-3-5-16(13)21/h2-5,14-15H,6-12H2,1H3/t14-,15+/m1/s1. The minimum absolute atomic E-state index is 0.0902. The average Bonchev–Trinajstić information content (AvgIpc) is 3.15. The number of benzene rings is 1. The molecule has 0 aliphatic carbocycles. The fraction of sp³-hybridized carbons (Fsp3) is 0.556. The molecule has 0 saturated carbocycles. The number of carbonyl (C=O) groups is 2. The lowest BCUT2D eigenvalue weighted by atomic mass is 9.88. The molecule has 1 aromatic carbocycles. The second kappa shape index (κ2) is 5.64. The SMILES string of the molecule is CN1CC[C@@H]2CN(CC(=O)N3CCc4ccccc43)C[C@@H]2C1=O. The van der Waals surface area contributed by atoms with Crippen molar-refractivity contribution in [3.8, 4) is 0 Å². The summed E-state index contributed by atoms with van der Waals surface area (Å²) in [5.41, 5.74) is 2.32. The predicted molar refractivity (Wildman–Crippen MR) is 88.2 cm³/mol. The number of carbonyl (C=O) groups excluding carboxylic acids is 2. The summed E-state index contributed by atoms with van der Waals surface area (Å²) in [7, 11) is 1.88. The summed E-state index contributed by atoms with van der Waals surface area (Å²) in [6, 6.07) is 8.15. The minimum Gasteiger partial charge on any atom is -0.345 e.